The van der Waals surface area contributed by atoms with E-state index in [2.05, 4.69) is 5.10 Å². The van der Waals surface area contributed by atoms with E-state index in [4.69, 9.17) is 10.2 Å². The van der Waals surface area contributed by atoms with Gasteiger partial charge in [-0.25, -0.2) is 27.4 Å². The molecule has 0 saturated heterocycles. The van der Waals surface area contributed by atoms with Crippen LogP contribution in [0, 0.1) is 5.82 Å². The van der Waals surface area contributed by atoms with E-state index in [-0.39, 0.29) is 16.3 Å². The lowest BCUT2D eigenvalue weighted by molar-refractivity contribution is 0.0690. The molecule has 2 rings (SSSR count). The highest BCUT2D eigenvalue weighted by Crippen LogP contribution is 2.17. The van der Waals surface area contributed by atoms with E-state index in [1.165, 1.54) is 12.3 Å². The van der Waals surface area contributed by atoms with E-state index in [1.807, 2.05) is 0 Å². The van der Waals surface area contributed by atoms with Crippen molar-refractivity contribution in [2.45, 2.75) is 4.90 Å². The molecule has 0 radical (unpaired) electrons. The Morgan fingerprint density at radius 1 is 1.37 bits per heavy atom. The predicted molar refractivity (Wildman–Crippen MR) is 61.9 cm³/mol. The minimum Gasteiger partial charge on any atom is -0.476 e. The quantitative estimate of drug-likeness (QED) is 0.844. The SMILES string of the molecule is NS(=O)(=O)c1ccc(-n2ccc(C(=O)O)n2)c(F)c1. The second-order valence-corrected chi connectivity index (χ2v) is 5.17. The average Bonchev–Trinajstić information content (AvgIpc) is 2.76. The molecule has 0 fully saturated rings. The van der Waals surface area contributed by atoms with Gasteiger partial charge in [0.05, 0.1) is 4.90 Å². The van der Waals surface area contributed by atoms with Gasteiger partial charge < -0.3 is 5.11 Å². The number of hydrogen-bond donors (Lipinski definition) is 2. The van der Waals surface area contributed by atoms with Crippen LogP contribution in [-0.4, -0.2) is 29.3 Å². The predicted octanol–water partition coefficient (Wildman–Crippen LogP) is 0.357. The van der Waals surface area contributed by atoms with E-state index >= 15 is 0 Å². The molecule has 0 aliphatic rings. The lowest BCUT2D eigenvalue weighted by atomic mass is 10.3. The summed E-state index contributed by atoms with van der Waals surface area (Å²) in [5, 5.41) is 17.2. The lowest BCUT2D eigenvalue weighted by Crippen LogP contribution is -2.13. The molecular formula is C10H8FN3O4S. The zero-order valence-electron chi connectivity index (χ0n) is 9.32. The third-order valence-electron chi connectivity index (χ3n) is 2.30. The molecule has 0 spiro atoms. The molecule has 0 unspecified atom stereocenters. The van der Waals surface area contributed by atoms with Crippen molar-refractivity contribution in [2.75, 3.05) is 0 Å². The Bertz CT molecular complexity index is 754. The van der Waals surface area contributed by atoms with Crippen molar-refractivity contribution >= 4 is 16.0 Å². The van der Waals surface area contributed by atoms with Gasteiger partial charge in [0, 0.05) is 6.20 Å². The van der Waals surface area contributed by atoms with Crippen LogP contribution in [0.15, 0.2) is 35.4 Å². The summed E-state index contributed by atoms with van der Waals surface area (Å²) < 4.78 is 36.8. The van der Waals surface area contributed by atoms with Crippen molar-refractivity contribution in [2.24, 2.45) is 5.14 Å². The zero-order valence-corrected chi connectivity index (χ0v) is 10.1. The molecule has 0 amide bonds. The molecule has 1 aromatic heterocycles. The number of aromatic carboxylic acids is 1. The molecule has 3 N–H and O–H groups in total. The number of rotatable bonds is 3. The van der Waals surface area contributed by atoms with Crippen LogP contribution in [0.1, 0.15) is 10.5 Å². The summed E-state index contributed by atoms with van der Waals surface area (Å²) in [5.74, 6) is -2.13. The van der Waals surface area contributed by atoms with Gasteiger partial charge in [-0.2, -0.15) is 5.10 Å². The molecule has 100 valence electrons. The van der Waals surface area contributed by atoms with Crippen LogP contribution in [0.2, 0.25) is 0 Å². The number of nitrogens with zero attached hydrogens (tertiary/aromatic N) is 2. The zero-order chi connectivity index (χ0) is 14.2. The summed E-state index contributed by atoms with van der Waals surface area (Å²) in [6.45, 7) is 0. The van der Waals surface area contributed by atoms with Gasteiger partial charge in [-0.3, -0.25) is 0 Å². The summed E-state index contributed by atoms with van der Waals surface area (Å²) in [6, 6.07) is 4.19. The van der Waals surface area contributed by atoms with Crippen LogP contribution >= 0.6 is 0 Å². The van der Waals surface area contributed by atoms with Gasteiger partial charge in [0.2, 0.25) is 10.0 Å². The number of carboxylic acid groups (broad SMARTS) is 1. The number of nitrogens with two attached hydrogens (primary N) is 1. The first-order valence-corrected chi connectivity index (χ1v) is 6.45. The fraction of sp³-hybridized carbons (Fsp3) is 0. The maximum atomic E-state index is 13.7. The highest BCUT2D eigenvalue weighted by atomic mass is 32.2. The molecule has 0 saturated carbocycles. The number of carboxylic acids is 1. The largest absolute Gasteiger partial charge is 0.476 e. The lowest BCUT2D eigenvalue weighted by Gasteiger charge is -2.04. The van der Waals surface area contributed by atoms with Crippen LogP contribution in [0.25, 0.3) is 5.69 Å². The summed E-state index contributed by atoms with van der Waals surface area (Å²) in [6.07, 6.45) is 1.25. The fourth-order valence-electron chi connectivity index (χ4n) is 1.42. The number of halogens is 1. The van der Waals surface area contributed by atoms with E-state index in [9.17, 15) is 17.6 Å². The van der Waals surface area contributed by atoms with Gasteiger partial charge in [0.25, 0.3) is 0 Å². The molecule has 1 aromatic carbocycles. The topological polar surface area (TPSA) is 115 Å². The highest BCUT2D eigenvalue weighted by molar-refractivity contribution is 7.89. The Hall–Kier alpha value is -2.26. The van der Waals surface area contributed by atoms with E-state index in [0.29, 0.717) is 0 Å². The highest BCUT2D eigenvalue weighted by Gasteiger charge is 2.14. The van der Waals surface area contributed by atoms with Crippen molar-refractivity contribution in [1.29, 1.82) is 0 Å². The van der Waals surface area contributed by atoms with Crippen molar-refractivity contribution in [3.05, 3.63) is 42.0 Å². The van der Waals surface area contributed by atoms with Crippen LogP contribution < -0.4 is 5.14 Å². The maximum absolute atomic E-state index is 13.7. The van der Waals surface area contributed by atoms with Crippen molar-refractivity contribution in [3.8, 4) is 5.69 Å². The van der Waals surface area contributed by atoms with Crippen molar-refractivity contribution < 1.29 is 22.7 Å². The van der Waals surface area contributed by atoms with Gasteiger partial charge in [0.15, 0.2) is 5.69 Å². The van der Waals surface area contributed by atoms with E-state index < -0.39 is 21.8 Å². The van der Waals surface area contributed by atoms with Crippen molar-refractivity contribution in [3.63, 3.8) is 0 Å². The second-order valence-electron chi connectivity index (χ2n) is 3.61. The fourth-order valence-corrected chi connectivity index (χ4v) is 1.95. The molecular weight excluding hydrogens is 277 g/mol. The molecule has 7 nitrogen and oxygen atoms in total. The monoisotopic (exact) mass is 285 g/mol. The number of benzene rings is 1. The molecule has 0 atom stereocenters. The number of carbonyl (C=O) groups is 1. The first-order chi connectivity index (χ1) is 8.79. The maximum Gasteiger partial charge on any atom is 0.356 e. The Morgan fingerprint density at radius 2 is 2.05 bits per heavy atom. The minimum absolute atomic E-state index is 0.0834. The average molecular weight is 285 g/mol. The van der Waals surface area contributed by atoms with Crippen LogP contribution in [0.4, 0.5) is 4.39 Å². The third kappa shape index (κ3) is 2.61. The van der Waals surface area contributed by atoms with Crippen molar-refractivity contribution in [1.82, 2.24) is 9.78 Å². The van der Waals surface area contributed by atoms with Crippen LogP contribution in [0.5, 0.6) is 0 Å². The summed E-state index contributed by atoms with van der Waals surface area (Å²) in [5.41, 5.74) is -0.338. The molecule has 0 aliphatic carbocycles. The molecule has 2 aromatic rings. The molecule has 0 aliphatic heterocycles. The van der Waals surface area contributed by atoms with Gasteiger partial charge >= 0.3 is 5.97 Å². The van der Waals surface area contributed by atoms with Crippen LogP contribution in [-0.2, 0) is 10.0 Å². The minimum atomic E-state index is -4.00. The van der Waals surface area contributed by atoms with Gasteiger partial charge in [-0.15, -0.1) is 0 Å². The summed E-state index contributed by atoms with van der Waals surface area (Å²) in [7, 11) is -4.00. The molecule has 19 heavy (non-hydrogen) atoms. The van der Waals surface area contributed by atoms with E-state index in [1.54, 1.807) is 0 Å². The first kappa shape index (κ1) is 13.2. The smallest absolute Gasteiger partial charge is 0.356 e. The number of aromatic nitrogens is 2. The Balaban J connectivity index is 2.49. The van der Waals surface area contributed by atoms with Gasteiger partial charge in [-0.1, -0.05) is 0 Å². The summed E-state index contributed by atoms with van der Waals surface area (Å²) in [4.78, 5) is 10.3. The molecule has 1 heterocycles. The Morgan fingerprint density at radius 3 is 2.53 bits per heavy atom. The molecule has 0 bridgehead atoms. The number of hydrogen-bond acceptors (Lipinski definition) is 4. The van der Waals surface area contributed by atoms with Gasteiger partial charge in [-0.05, 0) is 24.3 Å². The Labute approximate surface area is 107 Å². The number of sulfonamides is 1. The normalized spacial score (nSPS) is 11.5. The van der Waals surface area contributed by atoms with E-state index in [0.717, 1.165) is 22.9 Å². The molecule has 9 heteroatoms. The Kier molecular flexibility index (Phi) is 3.08. The number of primary sulfonamides is 1. The first-order valence-electron chi connectivity index (χ1n) is 4.91. The second kappa shape index (κ2) is 4.44. The van der Waals surface area contributed by atoms with Crippen LogP contribution in [0.3, 0.4) is 0 Å². The summed E-state index contributed by atoms with van der Waals surface area (Å²) >= 11 is 0. The third-order valence-corrected chi connectivity index (χ3v) is 3.21. The standard InChI is InChI=1S/C10H8FN3O4S/c11-7-5-6(19(12,17)18)1-2-9(7)14-4-3-8(13-14)10(15)16/h1-5H,(H,15,16)(H2,12,17,18). The van der Waals surface area contributed by atoms with Gasteiger partial charge in [0.1, 0.15) is 11.5 Å².